The Hall–Kier alpha value is -1.59. The van der Waals surface area contributed by atoms with Gasteiger partial charge in [0.15, 0.2) is 0 Å². The first-order valence-corrected chi connectivity index (χ1v) is 11.3. The van der Waals surface area contributed by atoms with Gasteiger partial charge in [-0.05, 0) is 75.0 Å². The van der Waals surface area contributed by atoms with Crippen LogP contribution in [0.1, 0.15) is 44.9 Å². The molecule has 4 aliphatic rings. The zero-order valence-electron chi connectivity index (χ0n) is 16.1. The minimum absolute atomic E-state index is 0.0567. The van der Waals surface area contributed by atoms with Gasteiger partial charge in [-0.3, -0.25) is 19.3 Å². The molecule has 3 aliphatic carbocycles. The van der Waals surface area contributed by atoms with Crippen LogP contribution in [0, 0.1) is 29.6 Å². The summed E-state index contributed by atoms with van der Waals surface area (Å²) in [5.41, 5.74) is 0.513. The molecule has 4 atom stereocenters. The number of nitrogens with zero attached hydrogens (tertiary/aromatic N) is 1. The lowest BCUT2D eigenvalue weighted by molar-refractivity contribution is -0.144. The number of anilines is 1. The van der Waals surface area contributed by atoms with Gasteiger partial charge in [0.1, 0.15) is 0 Å². The largest absolute Gasteiger partial charge is 0.324 e. The van der Waals surface area contributed by atoms with Crippen LogP contribution in [0.4, 0.5) is 5.69 Å². The maximum absolute atomic E-state index is 13.0. The van der Waals surface area contributed by atoms with Crippen LogP contribution in [0.5, 0.6) is 0 Å². The van der Waals surface area contributed by atoms with Gasteiger partial charge < -0.3 is 5.32 Å². The smallest absolute Gasteiger partial charge is 0.233 e. The van der Waals surface area contributed by atoms with Crippen LogP contribution < -0.4 is 5.32 Å². The maximum atomic E-state index is 13.0. The number of carbonyl (C=O) groups excluding carboxylic acids is 3. The van der Waals surface area contributed by atoms with E-state index in [-0.39, 0.29) is 41.5 Å². The molecular weight excluding hydrogens is 411 g/mol. The Kier molecular flexibility index (Phi) is 4.86. The van der Waals surface area contributed by atoms with E-state index in [0.29, 0.717) is 53.3 Å². The average Bonchev–Trinajstić information content (AvgIpc) is 3.39. The number of likely N-dealkylation sites (tertiary alicyclic amines) is 1. The molecule has 5 nitrogen and oxygen atoms in total. The van der Waals surface area contributed by atoms with E-state index in [0.717, 1.165) is 19.3 Å². The number of carbonyl (C=O) groups is 3. The predicted molar refractivity (Wildman–Crippen MR) is 111 cm³/mol. The Balaban J connectivity index is 1.22. The number of benzene rings is 1. The summed E-state index contributed by atoms with van der Waals surface area (Å²) >= 11 is 12.1. The second kappa shape index (κ2) is 7.28. The second-order valence-electron chi connectivity index (χ2n) is 9.05. The zero-order chi connectivity index (χ0) is 20.3. The molecule has 3 saturated carbocycles. The monoisotopic (exact) mass is 434 g/mol. The van der Waals surface area contributed by atoms with Gasteiger partial charge in [0.05, 0.1) is 22.5 Å². The highest BCUT2D eigenvalue weighted by molar-refractivity contribution is 6.35. The van der Waals surface area contributed by atoms with Crippen LogP contribution in [-0.4, -0.2) is 28.7 Å². The molecule has 0 unspecified atom stereocenters. The number of nitrogens with one attached hydrogen (secondary N) is 1. The summed E-state index contributed by atoms with van der Waals surface area (Å²) in [6.45, 7) is 0. The number of fused-ring (bicyclic) bond motifs is 5. The van der Waals surface area contributed by atoms with Gasteiger partial charge in [-0.1, -0.05) is 23.2 Å². The molecule has 1 aromatic carbocycles. The Bertz CT molecular complexity index is 853. The van der Waals surface area contributed by atoms with Crippen LogP contribution in [0.3, 0.4) is 0 Å². The third-order valence-electron chi connectivity index (χ3n) is 7.58. The third-order valence-corrected chi connectivity index (χ3v) is 8.15. The van der Waals surface area contributed by atoms with Gasteiger partial charge in [0.25, 0.3) is 0 Å². The zero-order valence-corrected chi connectivity index (χ0v) is 17.6. The summed E-state index contributed by atoms with van der Waals surface area (Å²) in [5, 5.41) is 3.83. The molecule has 1 aromatic rings. The average molecular weight is 435 g/mol. The summed E-state index contributed by atoms with van der Waals surface area (Å²) in [4.78, 5) is 40.3. The highest BCUT2D eigenvalue weighted by atomic mass is 35.5. The van der Waals surface area contributed by atoms with Crippen molar-refractivity contribution in [1.29, 1.82) is 0 Å². The number of halogens is 2. The van der Waals surface area contributed by atoms with E-state index in [9.17, 15) is 14.4 Å². The molecule has 2 bridgehead atoms. The molecule has 5 rings (SSSR count). The van der Waals surface area contributed by atoms with Crippen LogP contribution >= 0.6 is 23.2 Å². The molecule has 154 valence electrons. The van der Waals surface area contributed by atoms with Gasteiger partial charge in [0.2, 0.25) is 17.7 Å². The predicted octanol–water partition coefficient (Wildman–Crippen LogP) is 4.52. The number of rotatable bonds is 3. The molecule has 1 aliphatic heterocycles. The molecule has 1 heterocycles. The van der Waals surface area contributed by atoms with Crippen LogP contribution in [0.15, 0.2) is 18.2 Å². The van der Waals surface area contributed by atoms with Crippen molar-refractivity contribution >= 4 is 46.6 Å². The number of hydrogen-bond donors (Lipinski definition) is 1. The van der Waals surface area contributed by atoms with Crippen molar-refractivity contribution in [3.63, 3.8) is 0 Å². The molecule has 0 aromatic heterocycles. The molecule has 7 heteroatoms. The van der Waals surface area contributed by atoms with Crippen molar-refractivity contribution in [2.45, 2.75) is 51.0 Å². The van der Waals surface area contributed by atoms with E-state index < -0.39 is 0 Å². The Labute approximate surface area is 180 Å². The lowest BCUT2D eigenvalue weighted by Crippen LogP contribution is -2.44. The molecule has 4 fully saturated rings. The lowest BCUT2D eigenvalue weighted by Gasteiger charge is -2.33. The van der Waals surface area contributed by atoms with Gasteiger partial charge >= 0.3 is 0 Å². The van der Waals surface area contributed by atoms with Crippen molar-refractivity contribution < 1.29 is 14.4 Å². The van der Waals surface area contributed by atoms with E-state index in [4.69, 9.17) is 23.2 Å². The van der Waals surface area contributed by atoms with Gasteiger partial charge in [-0.15, -0.1) is 0 Å². The Morgan fingerprint density at radius 3 is 2.17 bits per heavy atom. The molecule has 0 spiro atoms. The summed E-state index contributed by atoms with van der Waals surface area (Å²) in [7, 11) is 0. The van der Waals surface area contributed by atoms with E-state index in [2.05, 4.69) is 5.32 Å². The fourth-order valence-electron chi connectivity index (χ4n) is 6.22. The third kappa shape index (κ3) is 3.17. The van der Waals surface area contributed by atoms with E-state index in [1.165, 1.54) is 0 Å². The van der Waals surface area contributed by atoms with Crippen molar-refractivity contribution in [3.8, 4) is 0 Å². The Morgan fingerprint density at radius 1 is 0.931 bits per heavy atom. The van der Waals surface area contributed by atoms with Crippen molar-refractivity contribution in [1.82, 2.24) is 4.90 Å². The van der Waals surface area contributed by atoms with Gasteiger partial charge in [0, 0.05) is 17.0 Å². The number of imide groups is 1. The van der Waals surface area contributed by atoms with Gasteiger partial charge in [-0.25, -0.2) is 0 Å². The maximum Gasteiger partial charge on any atom is 0.233 e. The summed E-state index contributed by atoms with van der Waals surface area (Å²) < 4.78 is 0. The first-order chi connectivity index (χ1) is 13.9. The molecular formula is C22H24Cl2N2O3. The van der Waals surface area contributed by atoms with Crippen LogP contribution in [-0.2, 0) is 14.4 Å². The molecule has 1 N–H and O–H groups in total. The van der Waals surface area contributed by atoms with E-state index in [1.54, 1.807) is 23.1 Å². The summed E-state index contributed by atoms with van der Waals surface area (Å²) in [6, 6.07) is 4.92. The van der Waals surface area contributed by atoms with Crippen molar-refractivity contribution in [3.05, 3.63) is 28.2 Å². The lowest BCUT2D eigenvalue weighted by atomic mass is 9.81. The number of hydrogen-bond acceptors (Lipinski definition) is 3. The highest BCUT2D eigenvalue weighted by Gasteiger charge is 2.61. The normalized spacial score (nSPS) is 35.9. The fourth-order valence-corrected chi connectivity index (χ4v) is 6.55. The summed E-state index contributed by atoms with van der Waals surface area (Å²) in [6.07, 6.45) is 5.94. The Morgan fingerprint density at radius 2 is 1.55 bits per heavy atom. The highest BCUT2D eigenvalue weighted by Crippen LogP contribution is 2.56. The number of amides is 3. The van der Waals surface area contributed by atoms with Crippen molar-refractivity contribution in [2.24, 2.45) is 29.6 Å². The minimum atomic E-state index is -0.148. The second-order valence-corrected chi connectivity index (χ2v) is 9.89. The van der Waals surface area contributed by atoms with Crippen LogP contribution in [0.25, 0.3) is 0 Å². The molecule has 29 heavy (non-hydrogen) atoms. The first-order valence-electron chi connectivity index (χ1n) is 10.6. The van der Waals surface area contributed by atoms with Crippen molar-refractivity contribution in [2.75, 3.05) is 5.32 Å². The van der Waals surface area contributed by atoms with Crippen LogP contribution in [0.2, 0.25) is 10.0 Å². The SMILES string of the molecule is O=C(Nc1cc(Cl)ccc1Cl)C1CCC(N2C(=O)[C@H]3[C@@H]4CC[C@@H](C4)[C@@H]3C2=O)CC1. The van der Waals surface area contributed by atoms with Gasteiger partial charge in [-0.2, -0.15) is 0 Å². The molecule has 1 saturated heterocycles. The topological polar surface area (TPSA) is 66.5 Å². The van der Waals surface area contributed by atoms with E-state index in [1.807, 2.05) is 0 Å². The molecule has 0 radical (unpaired) electrons. The fraction of sp³-hybridized carbons (Fsp3) is 0.591. The standard InChI is InChI=1S/C22H24Cl2N2O3/c23-14-5-8-16(24)17(10-14)25-20(27)11-3-6-15(7-4-11)26-21(28)18-12-1-2-13(9-12)19(18)22(26)29/h5,8,10-13,15,18-19H,1-4,6-7,9H2,(H,25,27)/t11?,12-,13+,15?,18-,19-/m0/s1. The first kappa shape index (κ1) is 19.4. The quantitative estimate of drug-likeness (QED) is 0.710. The minimum Gasteiger partial charge on any atom is -0.324 e. The summed E-state index contributed by atoms with van der Waals surface area (Å²) in [5.74, 6) is 0.592. The van der Waals surface area contributed by atoms with E-state index >= 15 is 0 Å². The molecule has 3 amide bonds.